The molecule has 1 heterocycles. The first-order valence-electron chi connectivity index (χ1n) is 5.70. The second kappa shape index (κ2) is 4.85. The molecule has 0 aliphatic carbocycles. The van der Waals surface area contributed by atoms with Gasteiger partial charge in [0.15, 0.2) is 0 Å². The number of carbonyl (C=O) groups excluding carboxylic acids is 1. The Balaban J connectivity index is 2.11. The van der Waals surface area contributed by atoms with Crippen LogP contribution in [0.2, 0.25) is 5.02 Å². The molecular weight excluding hydrogens is 299 g/mol. The fraction of sp³-hybridized carbons (Fsp3) is 0. The number of fused-ring (bicyclic) bond motifs is 1. The van der Waals surface area contributed by atoms with E-state index in [0.29, 0.717) is 5.01 Å². The van der Waals surface area contributed by atoms with E-state index in [9.17, 15) is 9.18 Å². The number of benzene rings is 2. The lowest BCUT2D eigenvalue weighted by Crippen LogP contribution is -2.11. The average Bonchev–Trinajstić information content (AvgIpc) is 2.81. The maximum Gasteiger partial charge on any atom is 0.250 e. The van der Waals surface area contributed by atoms with Crippen molar-refractivity contribution in [1.29, 1.82) is 0 Å². The van der Waals surface area contributed by atoms with Crippen LogP contribution in [0.25, 0.3) is 20.8 Å². The Morgan fingerprint density at radius 2 is 2.05 bits per heavy atom. The predicted molar refractivity (Wildman–Crippen MR) is 78.5 cm³/mol. The normalized spacial score (nSPS) is 10.9. The zero-order valence-corrected chi connectivity index (χ0v) is 11.6. The molecule has 3 rings (SSSR count). The molecule has 0 unspecified atom stereocenters. The van der Waals surface area contributed by atoms with E-state index >= 15 is 0 Å². The third-order valence-corrected chi connectivity index (χ3v) is 4.21. The Morgan fingerprint density at radius 3 is 2.75 bits per heavy atom. The molecule has 0 radical (unpaired) electrons. The minimum atomic E-state index is -0.576. The molecule has 2 aromatic carbocycles. The number of amides is 1. The van der Waals surface area contributed by atoms with Crippen LogP contribution in [-0.4, -0.2) is 10.9 Å². The molecule has 0 aliphatic rings. The fourth-order valence-corrected chi connectivity index (χ4v) is 3.13. The molecule has 0 aliphatic heterocycles. The van der Waals surface area contributed by atoms with Gasteiger partial charge in [-0.2, -0.15) is 0 Å². The summed E-state index contributed by atoms with van der Waals surface area (Å²) in [5, 5.41) is 0.990. The van der Waals surface area contributed by atoms with Crippen LogP contribution < -0.4 is 5.73 Å². The SMILES string of the molecule is NC(=O)c1ccc(-c2nc3ccc(F)cc3s2)cc1Cl. The van der Waals surface area contributed by atoms with Gasteiger partial charge in [-0.15, -0.1) is 11.3 Å². The fourth-order valence-electron chi connectivity index (χ4n) is 1.87. The third kappa shape index (κ3) is 2.26. The molecule has 2 N–H and O–H groups in total. The molecule has 0 saturated carbocycles. The van der Waals surface area contributed by atoms with Gasteiger partial charge in [-0.25, -0.2) is 9.37 Å². The molecule has 0 spiro atoms. The predicted octanol–water partition coefficient (Wildman–Crippen LogP) is 3.85. The van der Waals surface area contributed by atoms with Crippen molar-refractivity contribution in [2.45, 2.75) is 0 Å². The van der Waals surface area contributed by atoms with E-state index in [1.807, 2.05) is 0 Å². The van der Waals surface area contributed by atoms with Crippen molar-refractivity contribution < 1.29 is 9.18 Å². The smallest absolute Gasteiger partial charge is 0.250 e. The molecule has 0 fully saturated rings. The number of aromatic nitrogens is 1. The van der Waals surface area contributed by atoms with Gasteiger partial charge in [0.2, 0.25) is 5.91 Å². The van der Waals surface area contributed by atoms with Crippen LogP contribution in [0.1, 0.15) is 10.4 Å². The zero-order valence-electron chi connectivity index (χ0n) is 10.1. The Kier molecular flexibility index (Phi) is 3.16. The highest BCUT2D eigenvalue weighted by molar-refractivity contribution is 7.21. The maximum absolute atomic E-state index is 13.2. The van der Waals surface area contributed by atoms with Crippen molar-refractivity contribution in [3.63, 3.8) is 0 Å². The highest BCUT2D eigenvalue weighted by Gasteiger charge is 2.11. The summed E-state index contributed by atoms with van der Waals surface area (Å²) in [5.74, 6) is -0.872. The van der Waals surface area contributed by atoms with Gasteiger partial charge in [0, 0.05) is 5.56 Å². The molecule has 20 heavy (non-hydrogen) atoms. The molecular formula is C14H8ClFN2OS. The average molecular weight is 307 g/mol. The van der Waals surface area contributed by atoms with Gasteiger partial charge in [-0.05, 0) is 30.3 Å². The minimum absolute atomic E-state index is 0.266. The summed E-state index contributed by atoms with van der Waals surface area (Å²) in [7, 11) is 0. The van der Waals surface area contributed by atoms with Gasteiger partial charge in [0.1, 0.15) is 10.8 Å². The van der Waals surface area contributed by atoms with Gasteiger partial charge in [0.25, 0.3) is 0 Å². The van der Waals surface area contributed by atoms with E-state index in [0.717, 1.165) is 15.8 Å². The Hall–Kier alpha value is -1.98. The van der Waals surface area contributed by atoms with Gasteiger partial charge in [-0.3, -0.25) is 4.79 Å². The van der Waals surface area contributed by atoms with Crippen LogP contribution in [0.5, 0.6) is 0 Å². The number of rotatable bonds is 2. The lowest BCUT2D eigenvalue weighted by molar-refractivity contribution is 0.100. The van der Waals surface area contributed by atoms with Crippen molar-refractivity contribution in [3.8, 4) is 10.6 Å². The number of hydrogen-bond acceptors (Lipinski definition) is 3. The monoisotopic (exact) mass is 306 g/mol. The van der Waals surface area contributed by atoms with Gasteiger partial charge in [0.05, 0.1) is 20.8 Å². The lowest BCUT2D eigenvalue weighted by Gasteiger charge is -2.01. The van der Waals surface area contributed by atoms with Crippen LogP contribution in [0, 0.1) is 5.82 Å². The molecule has 6 heteroatoms. The first-order valence-corrected chi connectivity index (χ1v) is 6.90. The summed E-state index contributed by atoms with van der Waals surface area (Å²) in [6, 6.07) is 9.36. The quantitative estimate of drug-likeness (QED) is 0.781. The molecule has 0 bridgehead atoms. The lowest BCUT2D eigenvalue weighted by atomic mass is 10.1. The number of primary amides is 1. The Bertz CT molecular complexity index is 831. The van der Waals surface area contributed by atoms with Crippen LogP contribution in [0.3, 0.4) is 0 Å². The molecule has 3 nitrogen and oxygen atoms in total. The molecule has 1 aromatic heterocycles. The molecule has 100 valence electrons. The van der Waals surface area contributed by atoms with E-state index in [4.69, 9.17) is 17.3 Å². The van der Waals surface area contributed by atoms with Gasteiger partial charge >= 0.3 is 0 Å². The second-order valence-corrected chi connectivity index (χ2v) is 5.63. The highest BCUT2D eigenvalue weighted by Crippen LogP contribution is 2.32. The molecule has 3 aromatic rings. The van der Waals surface area contributed by atoms with Crippen LogP contribution >= 0.6 is 22.9 Å². The van der Waals surface area contributed by atoms with Crippen molar-refractivity contribution in [2.24, 2.45) is 5.73 Å². The van der Waals surface area contributed by atoms with E-state index < -0.39 is 5.91 Å². The molecule has 0 saturated heterocycles. The van der Waals surface area contributed by atoms with Gasteiger partial charge in [-0.1, -0.05) is 17.7 Å². The summed E-state index contributed by atoms with van der Waals surface area (Å²) < 4.78 is 13.9. The highest BCUT2D eigenvalue weighted by atomic mass is 35.5. The first-order chi connectivity index (χ1) is 9.54. The summed E-state index contributed by atoms with van der Waals surface area (Å²) in [6.45, 7) is 0. The summed E-state index contributed by atoms with van der Waals surface area (Å²) in [4.78, 5) is 15.5. The molecule has 0 atom stereocenters. The van der Waals surface area contributed by atoms with Crippen molar-refractivity contribution in [2.75, 3.05) is 0 Å². The first kappa shape index (κ1) is 13.0. The third-order valence-electron chi connectivity index (χ3n) is 2.83. The van der Waals surface area contributed by atoms with Crippen molar-refractivity contribution in [3.05, 3.63) is 52.8 Å². The van der Waals surface area contributed by atoms with E-state index in [1.165, 1.54) is 23.5 Å². The number of hydrogen-bond donors (Lipinski definition) is 1. The number of nitrogens with zero attached hydrogens (tertiary/aromatic N) is 1. The van der Waals surface area contributed by atoms with Crippen LogP contribution in [-0.2, 0) is 0 Å². The number of thiazole rings is 1. The van der Waals surface area contributed by atoms with E-state index in [-0.39, 0.29) is 16.4 Å². The number of nitrogens with two attached hydrogens (primary N) is 1. The molecule has 1 amide bonds. The second-order valence-electron chi connectivity index (χ2n) is 4.19. The standard InChI is InChI=1S/C14H8ClFN2OS/c15-10-5-7(1-3-9(10)13(17)19)14-18-11-4-2-8(16)6-12(11)20-14/h1-6H,(H2,17,19). The largest absolute Gasteiger partial charge is 0.366 e. The van der Waals surface area contributed by atoms with Crippen molar-refractivity contribution >= 4 is 39.1 Å². The minimum Gasteiger partial charge on any atom is -0.366 e. The number of halogens is 2. The Labute approximate surface area is 122 Å². The summed E-state index contributed by atoms with van der Waals surface area (Å²) in [5.41, 5.74) is 6.96. The summed E-state index contributed by atoms with van der Waals surface area (Å²) in [6.07, 6.45) is 0. The topological polar surface area (TPSA) is 56.0 Å². The zero-order chi connectivity index (χ0) is 14.3. The maximum atomic E-state index is 13.2. The van der Waals surface area contributed by atoms with Crippen molar-refractivity contribution in [1.82, 2.24) is 4.98 Å². The van der Waals surface area contributed by atoms with Crippen LogP contribution in [0.15, 0.2) is 36.4 Å². The van der Waals surface area contributed by atoms with E-state index in [2.05, 4.69) is 4.98 Å². The summed E-state index contributed by atoms with van der Waals surface area (Å²) >= 11 is 7.38. The Morgan fingerprint density at radius 1 is 1.25 bits per heavy atom. The van der Waals surface area contributed by atoms with E-state index in [1.54, 1.807) is 24.3 Å². The van der Waals surface area contributed by atoms with Gasteiger partial charge < -0.3 is 5.73 Å². The van der Waals surface area contributed by atoms with Crippen LogP contribution in [0.4, 0.5) is 4.39 Å². The number of carbonyl (C=O) groups is 1.